The second kappa shape index (κ2) is 7.93. The zero-order valence-electron chi connectivity index (χ0n) is 18.1. The lowest BCUT2D eigenvalue weighted by Crippen LogP contribution is -2.49. The molecule has 2 heterocycles. The molecule has 0 atom stereocenters. The van der Waals surface area contributed by atoms with Crippen molar-refractivity contribution in [1.82, 2.24) is 14.1 Å². The smallest absolute Gasteiger partial charge is 0.246 e. The van der Waals surface area contributed by atoms with Gasteiger partial charge in [-0.1, -0.05) is 38.4 Å². The Balaban J connectivity index is 1.86. The Bertz CT molecular complexity index is 985. The number of aromatic nitrogens is 2. The molecule has 0 amide bonds. The molecule has 8 heteroatoms. The first-order valence-electron chi connectivity index (χ1n) is 10.0. The first-order chi connectivity index (χ1) is 13.4. The fourth-order valence-electron chi connectivity index (χ4n) is 3.58. The second-order valence-corrected chi connectivity index (χ2v) is 11.3. The Labute approximate surface area is 179 Å². The van der Waals surface area contributed by atoms with Crippen molar-refractivity contribution >= 4 is 27.3 Å². The van der Waals surface area contributed by atoms with Crippen molar-refractivity contribution in [2.75, 3.05) is 31.1 Å². The molecule has 1 fully saturated rings. The summed E-state index contributed by atoms with van der Waals surface area (Å²) < 4.78 is 30.3. The maximum absolute atomic E-state index is 13.5. The van der Waals surface area contributed by atoms with Crippen molar-refractivity contribution in [3.63, 3.8) is 0 Å². The molecule has 0 unspecified atom stereocenters. The zero-order valence-corrected chi connectivity index (χ0v) is 19.7. The molecule has 1 saturated heterocycles. The molecule has 6 nitrogen and oxygen atoms in total. The molecule has 0 spiro atoms. The van der Waals surface area contributed by atoms with Crippen LogP contribution in [-0.2, 0) is 15.4 Å². The molecule has 3 rings (SSSR count). The van der Waals surface area contributed by atoms with Crippen LogP contribution >= 0.6 is 11.6 Å². The fourth-order valence-corrected chi connectivity index (χ4v) is 5.50. The van der Waals surface area contributed by atoms with Gasteiger partial charge in [0.1, 0.15) is 4.90 Å². The minimum Gasteiger partial charge on any atom is -0.369 e. The van der Waals surface area contributed by atoms with E-state index >= 15 is 0 Å². The molecule has 1 aliphatic heterocycles. The molecule has 29 heavy (non-hydrogen) atoms. The summed E-state index contributed by atoms with van der Waals surface area (Å²) in [4.78, 5) is 2.53. The van der Waals surface area contributed by atoms with Crippen molar-refractivity contribution in [2.45, 2.75) is 57.9 Å². The number of piperazine rings is 1. The average molecular weight is 439 g/mol. The van der Waals surface area contributed by atoms with Gasteiger partial charge in [0.25, 0.3) is 0 Å². The number of aryl methyl sites for hydroxylation is 1. The van der Waals surface area contributed by atoms with E-state index in [0.29, 0.717) is 41.8 Å². The van der Waals surface area contributed by atoms with Gasteiger partial charge in [-0.05, 0) is 38.5 Å². The van der Waals surface area contributed by atoms with Crippen LogP contribution in [0.1, 0.15) is 51.9 Å². The van der Waals surface area contributed by atoms with Crippen molar-refractivity contribution in [1.29, 1.82) is 0 Å². The third-order valence-electron chi connectivity index (χ3n) is 5.31. The number of hydrogen-bond acceptors (Lipinski definition) is 4. The van der Waals surface area contributed by atoms with Gasteiger partial charge in [0.15, 0.2) is 0 Å². The molecule has 0 saturated carbocycles. The van der Waals surface area contributed by atoms with E-state index in [0.717, 1.165) is 11.3 Å². The molecule has 0 aliphatic carbocycles. The largest absolute Gasteiger partial charge is 0.369 e. The molecule has 1 aliphatic rings. The van der Waals surface area contributed by atoms with E-state index in [1.165, 1.54) is 0 Å². The highest BCUT2D eigenvalue weighted by Gasteiger charge is 2.36. The van der Waals surface area contributed by atoms with Crippen molar-refractivity contribution in [3.05, 3.63) is 40.7 Å². The summed E-state index contributed by atoms with van der Waals surface area (Å²) in [5, 5.41) is 5.30. The monoisotopic (exact) mass is 438 g/mol. The number of hydrogen-bond donors (Lipinski definition) is 0. The molecule has 1 aromatic carbocycles. The van der Waals surface area contributed by atoms with Gasteiger partial charge in [0, 0.05) is 54.5 Å². The number of rotatable bonds is 4. The van der Waals surface area contributed by atoms with E-state index < -0.39 is 10.0 Å². The van der Waals surface area contributed by atoms with E-state index in [1.807, 2.05) is 59.7 Å². The maximum atomic E-state index is 13.5. The molecule has 1 aromatic heterocycles. The highest BCUT2D eigenvalue weighted by Crippen LogP contribution is 2.32. The van der Waals surface area contributed by atoms with Gasteiger partial charge >= 0.3 is 0 Å². The minimum atomic E-state index is -3.62. The first-order valence-corrected chi connectivity index (χ1v) is 11.8. The Hall–Kier alpha value is -1.57. The highest BCUT2D eigenvalue weighted by atomic mass is 35.5. The summed E-state index contributed by atoms with van der Waals surface area (Å²) >= 11 is 6.16. The summed E-state index contributed by atoms with van der Waals surface area (Å²) in [6.45, 7) is 14.2. The quantitative estimate of drug-likeness (QED) is 0.716. The van der Waals surface area contributed by atoms with Gasteiger partial charge < -0.3 is 4.90 Å². The number of nitrogens with zero attached hydrogens (tertiary/aromatic N) is 4. The van der Waals surface area contributed by atoms with Crippen LogP contribution in [0.15, 0.2) is 29.3 Å². The topological polar surface area (TPSA) is 58.4 Å². The average Bonchev–Trinajstić information content (AvgIpc) is 3.11. The Morgan fingerprint density at radius 2 is 1.72 bits per heavy atom. The Morgan fingerprint density at radius 1 is 1.10 bits per heavy atom. The highest BCUT2D eigenvalue weighted by molar-refractivity contribution is 7.89. The van der Waals surface area contributed by atoms with Gasteiger partial charge in [-0.15, -0.1) is 0 Å². The second-order valence-electron chi connectivity index (χ2n) is 8.99. The number of anilines is 1. The van der Waals surface area contributed by atoms with Crippen LogP contribution in [-0.4, -0.2) is 48.7 Å². The van der Waals surface area contributed by atoms with Crippen LogP contribution in [0.2, 0.25) is 5.02 Å². The Morgan fingerprint density at radius 3 is 2.28 bits per heavy atom. The summed E-state index contributed by atoms with van der Waals surface area (Å²) in [6, 6.07) is 5.92. The fraction of sp³-hybridized carbons (Fsp3) is 0.571. The molecular weight excluding hydrogens is 408 g/mol. The molecule has 160 valence electrons. The number of sulfonamides is 1. The predicted octanol–water partition coefficient (Wildman–Crippen LogP) is 4.23. The van der Waals surface area contributed by atoms with Crippen LogP contribution in [0.4, 0.5) is 5.69 Å². The molecule has 0 N–H and O–H groups in total. The molecular formula is C21H31ClN4O2S. The normalized spacial score (nSPS) is 16.6. The van der Waals surface area contributed by atoms with E-state index in [1.54, 1.807) is 15.2 Å². The van der Waals surface area contributed by atoms with Crippen LogP contribution in [0.5, 0.6) is 0 Å². The summed E-state index contributed by atoms with van der Waals surface area (Å²) in [7, 11) is -3.62. The van der Waals surface area contributed by atoms with Crippen LogP contribution < -0.4 is 4.90 Å². The van der Waals surface area contributed by atoms with Gasteiger partial charge in [-0.3, -0.25) is 4.68 Å². The molecule has 2 aromatic rings. The first kappa shape index (κ1) is 22.1. The van der Waals surface area contributed by atoms with Crippen LogP contribution in [0.25, 0.3) is 0 Å². The SMILES string of the molecule is Cc1ccc(Cl)cc1N1CCN(S(=O)(=O)c2cn(C(C)C)nc2C(C)(C)C)CC1. The van der Waals surface area contributed by atoms with Crippen molar-refractivity contribution < 1.29 is 8.42 Å². The van der Waals surface area contributed by atoms with Gasteiger partial charge in [-0.25, -0.2) is 8.42 Å². The van der Waals surface area contributed by atoms with E-state index in [-0.39, 0.29) is 11.5 Å². The van der Waals surface area contributed by atoms with E-state index in [4.69, 9.17) is 11.6 Å². The number of halogens is 1. The maximum Gasteiger partial charge on any atom is 0.246 e. The Kier molecular flexibility index (Phi) is 6.05. The molecule has 0 bridgehead atoms. The van der Waals surface area contributed by atoms with Crippen molar-refractivity contribution in [3.8, 4) is 0 Å². The number of benzene rings is 1. The summed E-state index contributed by atoms with van der Waals surface area (Å²) in [6.07, 6.45) is 1.69. The van der Waals surface area contributed by atoms with Crippen molar-refractivity contribution in [2.24, 2.45) is 0 Å². The lowest BCUT2D eigenvalue weighted by molar-refractivity contribution is 0.383. The zero-order chi connectivity index (χ0) is 21.6. The van der Waals surface area contributed by atoms with Gasteiger partial charge in [-0.2, -0.15) is 9.40 Å². The van der Waals surface area contributed by atoms with E-state index in [2.05, 4.69) is 10.00 Å². The van der Waals surface area contributed by atoms with E-state index in [9.17, 15) is 8.42 Å². The standard InChI is InChI=1S/C21H31ClN4O2S/c1-15(2)26-14-19(20(23-26)21(4,5)6)29(27,28)25-11-9-24(10-12-25)18-13-17(22)8-7-16(18)3/h7-8,13-15H,9-12H2,1-6H3. The predicted molar refractivity (Wildman–Crippen MR) is 118 cm³/mol. The van der Waals surface area contributed by atoms with Crippen LogP contribution in [0, 0.1) is 6.92 Å². The summed E-state index contributed by atoms with van der Waals surface area (Å²) in [5.41, 5.74) is 2.47. The van der Waals surface area contributed by atoms with Gasteiger partial charge in [0.2, 0.25) is 10.0 Å². The summed E-state index contributed by atoms with van der Waals surface area (Å²) in [5.74, 6) is 0. The third kappa shape index (κ3) is 4.47. The minimum absolute atomic E-state index is 0.0997. The lowest BCUT2D eigenvalue weighted by atomic mass is 9.92. The molecule has 0 radical (unpaired) electrons. The van der Waals surface area contributed by atoms with Crippen LogP contribution in [0.3, 0.4) is 0 Å². The lowest BCUT2D eigenvalue weighted by Gasteiger charge is -2.36. The third-order valence-corrected chi connectivity index (χ3v) is 7.44. The van der Waals surface area contributed by atoms with Gasteiger partial charge in [0.05, 0.1) is 5.69 Å².